The Morgan fingerprint density at radius 2 is 1.81 bits per heavy atom. The summed E-state index contributed by atoms with van der Waals surface area (Å²) in [4.78, 5) is 1.23. The summed E-state index contributed by atoms with van der Waals surface area (Å²) in [5.41, 5.74) is 4.36. The first-order valence-corrected chi connectivity index (χ1v) is 7.73. The lowest BCUT2D eigenvalue weighted by molar-refractivity contribution is 0.628. The van der Waals surface area contributed by atoms with Gasteiger partial charge in [-0.1, -0.05) is 36.4 Å². The zero-order chi connectivity index (χ0) is 14.7. The van der Waals surface area contributed by atoms with Crippen LogP contribution in [0.1, 0.15) is 10.4 Å². The first-order chi connectivity index (χ1) is 10.2. The molecule has 1 nitrogen and oxygen atoms in total. The maximum Gasteiger partial charge on any atom is 0.125 e. The van der Waals surface area contributed by atoms with E-state index in [4.69, 9.17) is 0 Å². The van der Waals surface area contributed by atoms with E-state index in [9.17, 15) is 4.39 Å². The average Bonchev–Trinajstić information content (AvgIpc) is 2.98. The number of aryl methyl sites for hydroxylation is 1. The van der Waals surface area contributed by atoms with Gasteiger partial charge < -0.3 is 5.32 Å². The molecule has 0 aliphatic heterocycles. The molecule has 0 saturated heterocycles. The first-order valence-electron chi connectivity index (χ1n) is 6.85. The summed E-state index contributed by atoms with van der Waals surface area (Å²) < 4.78 is 13.3. The third-order valence-corrected chi connectivity index (χ3v) is 4.35. The quantitative estimate of drug-likeness (QED) is 0.673. The van der Waals surface area contributed by atoms with Crippen molar-refractivity contribution in [3.05, 3.63) is 76.2 Å². The Labute approximate surface area is 128 Å². The highest BCUT2D eigenvalue weighted by Gasteiger charge is 2.04. The minimum absolute atomic E-state index is 0.209. The van der Waals surface area contributed by atoms with Gasteiger partial charge in [0.05, 0.1) is 0 Å². The number of hydrogen-bond donors (Lipinski definition) is 1. The van der Waals surface area contributed by atoms with Crippen LogP contribution in [-0.4, -0.2) is 0 Å². The second-order valence-corrected chi connectivity index (χ2v) is 5.98. The van der Waals surface area contributed by atoms with Crippen molar-refractivity contribution in [3.63, 3.8) is 0 Å². The number of benzene rings is 2. The Morgan fingerprint density at radius 1 is 1.00 bits per heavy atom. The normalized spacial score (nSPS) is 10.6. The summed E-state index contributed by atoms with van der Waals surface area (Å²) in [5, 5.41) is 5.46. The number of anilines is 1. The van der Waals surface area contributed by atoms with Crippen molar-refractivity contribution >= 4 is 17.0 Å². The molecule has 0 bridgehead atoms. The van der Waals surface area contributed by atoms with Gasteiger partial charge in [0.25, 0.3) is 0 Å². The largest absolute Gasteiger partial charge is 0.380 e. The van der Waals surface area contributed by atoms with Gasteiger partial charge in [0.15, 0.2) is 0 Å². The van der Waals surface area contributed by atoms with Crippen molar-refractivity contribution in [2.75, 3.05) is 5.32 Å². The minimum Gasteiger partial charge on any atom is -0.380 e. The Hall–Kier alpha value is -2.13. The van der Waals surface area contributed by atoms with Crippen LogP contribution in [0, 0.1) is 12.7 Å². The third-order valence-electron chi connectivity index (χ3n) is 3.41. The van der Waals surface area contributed by atoms with Crippen LogP contribution in [0.4, 0.5) is 10.1 Å². The van der Waals surface area contributed by atoms with Gasteiger partial charge in [-0.2, -0.15) is 0 Å². The monoisotopic (exact) mass is 297 g/mol. The summed E-state index contributed by atoms with van der Waals surface area (Å²) in [5.74, 6) is -0.209. The van der Waals surface area contributed by atoms with Crippen LogP contribution in [0.2, 0.25) is 0 Å². The van der Waals surface area contributed by atoms with E-state index < -0.39 is 0 Å². The Kier molecular flexibility index (Phi) is 4.02. The zero-order valence-electron chi connectivity index (χ0n) is 11.8. The number of rotatable bonds is 4. The zero-order valence-corrected chi connectivity index (χ0v) is 12.6. The molecule has 3 rings (SSSR count). The first kappa shape index (κ1) is 13.8. The highest BCUT2D eigenvalue weighted by Crippen LogP contribution is 2.26. The number of thiophene rings is 1. The van der Waals surface area contributed by atoms with Crippen LogP contribution in [-0.2, 0) is 6.54 Å². The number of halogens is 1. The molecule has 0 spiro atoms. The van der Waals surface area contributed by atoms with E-state index in [0.717, 1.165) is 11.3 Å². The molecule has 0 aliphatic rings. The van der Waals surface area contributed by atoms with Crippen LogP contribution in [0.3, 0.4) is 0 Å². The summed E-state index contributed by atoms with van der Waals surface area (Å²) in [6.45, 7) is 2.69. The van der Waals surface area contributed by atoms with Gasteiger partial charge in [0.1, 0.15) is 5.82 Å². The van der Waals surface area contributed by atoms with E-state index in [-0.39, 0.29) is 5.82 Å². The Bertz CT molecular complexity index is 734. The summed E-state index contributed by atoms with van der Waals surface area (Å²) in [6, 6.07) is 17.3. The van der Waals surface area contributed by atoms with Crippen molar-refractivity contribution < 1.29 is 4.39 Å². The Balaban J connectivity index is 1.72. The van der Waals surface area contributed by atoms with E-state index in [2.05, 4.69) is 28.9 Å². The van der Waals surface area contributed by atoms with Gasteiger partial charge in [0.2, 0.25) is 0 Å². The van der Waals surface area contributed by atoms with Gasteiger partial charge in [-0.3, -0.25) is 0 Å². The van der Waals surface area contributed by atoms with E-state index >= 15 is 0 Å². The molecular weight excluding hydrogens is 281 g/mol. The Morgan fingerprint density at radius 3 is 2.62 bits per heavy atom. The van der Waals surface area contributed by atoms with Crippen LogP contribution in [0.15, 0.2) is 60.0 Å². The van der Waals surface area contributed by atoms with Crippen molar-refractivity contribution in [1.29, 1.82) is 0 Å². The summed E-state index contributed by atoms with van der Waals surface area (Å²) in [7, 11) is 0. The predicted octanol–water partition coefficient (Wildman–Crippen LogP) is 5.47. The highest BCUT2D eigenvalue weighted by atomic mass is 32.1. The van der Waals surface area contributed by atoms with E-state index in [1.54, 1.807) is 23.5 Å². The molecule has 0 radical (unpaired) electrons. The van der Waals surface area contributed by atoms with Gasteiger partial charge in [0, 0.05) is 17.1 Å². The van der Waals surface area contributed by atoms with Gasteiger partial charge >= 0.3 is 0 Å². The third kappa shape index (κ3) is 3.31. The van der Waals surface area contributed by atoms with Gasteiger partial charge in [-0.25, -0.2) is 4.39 Å². The molecule has 0 aliphatic carbocycles. The minimum atomic E-state index is -0.209. The smallest absolute Gasteiger partial charge is 0.125 e. The van der Waals surface area contributed by atoms with Crippen molar-refractivity contribution in [3.8, 4) is 11.1 Å². The fourth-order valence-corrected chi connectivity index (χ4v) is 3.06. The molecule has 0 fully saturated rings. The standard InChI is InChI=1S/C18H16FNS/c1-13-7-8-16(19)10-18(13)20-11-17-9-15(12-21-17)14-5-3-2-4-6-14/h2-10,12,20H,11H2,1H3. The summed E-state index contributed by atoms with van der Waals surface area (Å²) in [6.07, 6.45) is 0. The highest BCUT2D eigenvalue weighted by molar-refractivity contribution is 7.10. The predicted molar refractivity (Wildman–Crippen MR) is 88.2 cm³/mol. The molecule has 21 heavy (non-hydrogen) atoms. The fourth-order valence-electron chi connectivity index (χ4n) is 2.22. The second kappa shape index (κ2) is 6.10. The molecule has 0 atom stereocenters. The summed E-state index contributed by atoms with van der Waals surface area (Å²) >= 11 is 1.72. The molecule has 3 heteroatoms. The maximum atomic E-state index is 13.3. The van der Waals surface area contributed by atoms with Crippen LogP contribution in [0.25, 0.3) is 11.1 Å². The van der Waals surface area contributed by atoms with E-state index in [1.165, 1.54) is 22.1 Å². The van der Waals surface area contributed by atoms with Crippen molar-refractivity contribution in [1.82, 2.24) is 0 Å². The molecule has 0 saturated carbocycles. The van der Waals surface area contributed by atoms with Crippen LogP contribution < -0.4 is 5.32 Å². The molecule has 1 aromatic heterocycles. The number of nitrogens with one attached hydrogen (secondary N) is 1. The lowest BCUT2D eigenvalue weighted by Gasteiger charge is -2.08. The molecule has 106 valence electrons. The molecule has 1 heterocycles. The molecule has 3 aromatic rings. The van der Waals surface area contributed by atoms with E-state index in [0.29, 0.717) is 6.54 Å². The SMILES string of the molecule is Cc1ccc(F)cc1NCc1cc(-c2ccccc2)cs1. The molecule has 0 amide bonds. The van der Waals surface area contributed by atoms with Gasteiger partial charge in [-0.15, -0.1) is 11.3 Å². The fraction of sp³-hybridized carbons (Fsp3) is 0.111. The van der Waals surface area contributed by atoms with Crippen molar-refractivity contribution in [2.45, 2.75) is 13.5 Å². The molecular formula is C18H16FNS. The number of hydrogen-bond acceptors (Lipinski definition) is 2. The maximum absolute atomic E-state index is 13.3. The van der Waals surface area contributed by atoms with E-state index in [1.807, 2.05) is 25.1 Å². The molecule has 1 N–H and O–H groups in total. The van der Waals surface area contributed by atoms with Crippen LogP contribution >= 0.6 is 11.3 Å². The van der Waals surface area contributed by atoms with Crippen molar-refractivity contribution in [2.24, 2.45) is 0 Å². The molecule has 0 unspecified atom stereocenters. The second-order valence-electron chi connectivity index (χ2n) is 4.98. The van der Waals surface area contributed by atoms with Gasteiger partial charge in [-0.05, 0) is 47.2 Å². The lowest BCUT2D eigenvalue weighted by Crippen LogP contribution is -1.99. The van der Waals surface area contributed by atoms with Crippen LogP contribution in [0.5, 0.6) is 0 Å². The molecule has 2 aromatic carbocycles. The lowest BCUT2D eigenvalue weighted by atomic mass is 10.1. The topological polar surface area (TPSA) is 12.0 Å². The average molecular weight is 297 g/mol.